The molecular weight excluding hydrogens is 344 g/mol. The number of hydrogen-bond donors (Lipinski definition) is 3. The number of fused-ring (bicyclic) bond motifs is 1. The van der Waals surface area contributed by atoms with Crippen LogP contribution >= 0.6 is 0 Å². The van der Waals surface area contributed by atoms with Gasteiger partial charge in [0.1, 0.15) is 11.5 Å². The number of carbonyl (C=O) groups is 2. The molecule has 1 amide bonds. The number of H-pyrrole nitrogens is 1. The topological polar surface area (TPSA) is 91.4 Å². The summed E-state index contributed by atoms with van der Waals surface area (Å²) in [4.78, 5) is 25.3. The van der Waals surface area contributed by atoms with E-state index in [1.54, 1.807) is 12.1 Å². The molecule has 0 saturated heterocycles. The van der Waals surface area contributed by atoms with Crippen LogP contribution in [-0.2, 0) is 9.59 Å². The number of carboxylic acid groups (broad SMARTS) is 1. The lowest BCUT2D eigenvalue weighted by Crippen LogP contribution is -2.21. The highest BCUT2D eigenvalue weighted by molar-refractivity contribution is 6.36. The van der Waals surface area contributed by atoms with Crippen molar-refractivity contribution < 1.29 is 19.4 Å². The number of carbonyl (C=O) groups excluding carboxylic acids is 1. The van der Waals surface area contributed by atoms with Gasteiger partial charge in [0, 0.05) is 22.8 Å². The first-order valence-electron chi connectivity index (χ1n) is 8.70. The number of anilines is 1. The van der Waals surface area contributed by atoms with Gasteiger partial charge < -0.3 is 20.1 Å². The van der Waals surface area contributed by atoms with Crippen molar-refractivity contribution in [3.05, 3.63) is 53.2 Å². The van der Waals surface area contributed by atoms with Gasteiger partial charge in [-0.1, -0.05) is 13.8 Å². The first-order valence-corrected chi connectivity index (χ1v) is 8.70. The first kappa shape index (κ1) is 18.5. The zero-order valence-corrected chi connectivity index (χ0v) is 15.7. The monoisotopic (exact) mass is 366 g/mol. The summed E-state index contributed by atoms with van der Waals surface area (Å²) in [6, 6.07) is 9.29. The Morgan fingerprint density at radius 3 is 2.37 bits per heavy atom. The molecule has 0 aliphatic heterocycles. The van der Waals surface area contributed by atoms with Gasteiger partial charge in [0.25, 0.3) is 0 Å². The number of aliphatic carboxylic acids is 1. The van der Waals surface area contributed by atoms with E-state index < -0.39 is 11.9 Å². The third-order valence-corrected chi connectivity index (χ3v) is 4.44. The Bertz CT molecular complexity index is 1010. The van der Waals surface area contributed by atoms with E-state index >= 15 is 0 Å². The molecule has 0 radical (unpaired) electrons. The third kappa shape index (κ3) is 3.79. The van der Waals surface area contributed by atoms with E-state index in [0.717, 1.165) is 27.8 Å². The lowest BCUT2D eigenvalue weighted by molar-refractivity contribution is -0.147. The lowest BCUT2D eigenvalue weighted by Gasteiger charge is -2.14. The van der Waals surface area contributed by atoms with Gasteiger partial charge in [-0.2, -0.15) is 0 Å². The second-order valence-corrected chi connectivity index (χ2v) is 6.91. The van der Waals surface area contributed by atoms with Gasteiger partial charge in [0.2, 0.25) is 0 Å². The number of rotatable bonds is 4. The largest absolute Gasteiger partial charge is 0.474 e. The Balaban J connectivity index is 1.91. The van der Waals surface area contributed by atoms with Crippen molar-refractivity contribution in [3.8, 4) is 11.5 Å². The molecule has 6 heteroatoms. The highest BCUT2D eigenvalue weighted by Gasteiger charge is 2.15. The summed E-state index contributed by atoms with van der Waals surface area (Å²) in [5.41, 5.74) is 4.32. The van der Waals surface area contributed by atoms with Crippen molar-refractivity contribution in [2.45, 2.75) is 33.6 Å². The SMILES string of the molecule is Cc1cc(NC(=O)C(=O)O)cc(C)c1Oc1ccc2[nH]cc(C(C)C)c2c1. The Morgan fingerprint density at radius 1 is 1.11 bits per heavy atom. The normalized spacial score (nSPS) is 11.0. The summed E-state index contributed by atoms with van der Waals surface area (Å²) in [6.07, 6.45) is 2.02. The number of aromatic amines is 1. The van der Waals surface area contributed by atoms with Crippen molar-refractivity contribution in [2.24, 2.45) is 0 Å². The van der Waals surface area contributed by atoms with Gasteiger partial charge in [-0.3, -0.25) is 4.79 Å². The van der Waals surface area contributed by atoms with E-state index in [9.17, 15) is 9.59 Å². The molecular formula is C21H22N2O4. The van der Waals surface area contributed by atoms with Gasteiger partial charge in [0.05, 0.1) is 0 Å². The van der Waals surface area contributed by atoms with Crippen LogP contribution in [0, 0.1) is 13.8 Å². The van der Waals surface area contributed by atoms with Crippen molar-refractivity contribution in [3.63, 3.8) is 0 Å². The van der Waals surface area contributed by atoms with Gasteiger partial charge in [0.15, 0.2) is 0 Å². The van der Waals surface area contributed by atoms with E-state index in [-0.39, 0.29) is 0 Å². The summed E-state index contributed by atoms with van der Waals surface area (Å²) in [5, 5.41) is 12.2. The number of benzene rings is 2. The van der Waals surface area contributed by atoms with Gasteiger partial charge in [-0.15, -0.1) is 0 Å². The summed E-state index contributed by atoms with van der Waals surface area (Å²) in [5.74, 6) is -0.788. The third-order valence-electron chi connectivity index (χ3n) is 4.44. The molecule has 1 heterocycles. The van der Waals surface area contributed by atoms with Gasteiger partial charge in [-0.05, 0) is 66.8 Å². The van der Waals surface area contributed by atoms with Crippen LogP contribution in [0.4, 0.5) is 5.69 Å². The molecule has 2 aromatic carbocycles. The van der Waals surface area contributed by atoms with Crippen LogP contribution in [0.5, 0.6) is 11.5 Å². The molecule has 3 aromatic rings. The molecule has 0 fully saturated rings. The molecule has 1 aromatic heterocycles. The molecule has 0 aliphatic carbocycles. The van der Waals surface area contributed by atoms with Crippen LogP contribution in [0.3, 0.4) is 0 Å². The average molecular weight is 366 g/mol. The molecule has 0 spiro atoms. The molecule has 3 N–H and O–H groups in total. The van der Waals surface area contributed by atoms with E-state index in [0.29, 0.717) is 17.4 Å². The fourth-order valence-corrected chi connectivity index (χ4v) is 3.15. The predicted molar refractivity (Wildman–Crippen MR) is 105 cm³/mol. The van der Waals surface area contributed by atoms with Crippen LogP contribution < -0.4 is 10.1 Å². The van der Waals surface area contributed by atoms with Crippen molar-refractivity contribution in [2.75, 3.05) is 5.32 Å². The molecule has 27 heavy (non-hydrogen) atoms. The smallest absolute Gasteiger partial charge is 0.394 e. The Hall–Kier alpha value is -3.28. The zero-order chi connectivity index (χ0) is 19.7. The molecule has 0 unspecified atom stereocenters. The standard InChI is InChI=1S/C21H22N2O4/c1-11(2)17-10-22-18-6-5-15(9-16(17)18)27-19-12(3)7-14(8-13(19)4)23-20(24)21(25)26/h5-11,22H,1-4H3,(H,23,24)(H,25,26). The number of ether oxygens (including phenoxy) is 1. The molecule has 6 nitrogen and oxygen atoms in total. The molecule has 0 bridgehead atoms. The highest BCUT2D eigenvalue weighted by Crippen LogP contribution is 2.34. The number of amides is 1. The molecule has 0 aliphatic rings. The summed E-state index contributed by atoms with van der Waals surface area (Å²) in [6.45, 7) is 8.00. The maximum atomic E-state index is 11.4. The van der Waals surface area contributed by atoms with Crippen molar-refractivity contribution in [1.29, 1.82) is 0 Å². The van der Waals surface area contributed by atoms with E-state index in [1.165, 1.54) is 5.56 Å². The highest BCUT2D eigenvalue weighted by atomic mass is 16.5. The Morgan fingerprint density at radius 2 is 1.78 bits per heavy atom. The molecule has 3 rings (SSSR count). The number of hydrogen-bond acceptors (Lipinski definition) is 3. The average Bonchev–Trinajstić information content (AvgIpc) is 3.01. The van der Waals surface area contributed by atoms with Gasteiger partial charge >= 0.3 is 11.9 Å². The quantitative estimate of drug-likeness (QED) is 0.583. The fraction of sp³-hybridized carbons (Fsp3) is 0.238. The van der Waals surface area contributed by atoms with Crippen molar-refractivity contribution >= 4 is 28.5 Å². The molecule has 0 atom stereocenters. The maximum Gasteiger partial charge on any atom is 0.394 e. The molecule has 140 valence electrons. The van der Waals surface area contributed by atoms with Crippen LogP contribution in [-0.4, -0.2) is 22.0 Å². The Kier molecular flexibility index (Phi) is 4.90. The fourth-order valence-electron chi connectivity index (χ4n) is 3.15. The number of aromatic nitrogens is 1. The van der Waals surface area contributed by atoms with E-state index in [1.807, 2.05) is 38.2 Å². The first-order chi connectivity index (χ1) is 12.8. The second-order valence-electron chi connectivity index (χ2n) is 6.91. The number of nitrogens with one attached hydrogen (secondary N) is 2. The Labute approximate surface area is 157 Å². The minimum Gasteiger partial charge on any atom is -0.474 e. The van der Waals surface area contributed by atoms with Crippen LogP contribution in [0.15, 0.2) is 36.5 Å². The number of carboxylic acids is 1. The van der Waals surface area contributed by atoms with Crippen LogP contribution in [0.25, 0.3) is 10.9 Å². The predicted octanol–water partition coefficient (Wildman–Crippen LogP) is 4.72. The van der Waals surface area contributed by atoms with Crippen LogP contribution in [0.1, 0.15) is 36.5 Å². The van der Waals surface area contributed by atoms with E-state index in [2.05, 4.69) is 24.1 Å². The van der Waals surface area contributed by atoms with Gasteiger partial charge in [-0.25, -0.2) is 4.79 Å². The summed E-state index contributed by atoms with van der Waals surface area (Å²) in [7, 11) is 0. The minimum atomic E-state index is -1.52. The summed E-state index contributed by atoms with van der Waals surface area (Å²) >= 11 is 0. The maximum absolute atomic E-state index is 11.4. The lowest BCUT2D eigenvalue weighted by atomic mass is 10.0. The minimum absolute atomic E-state index is 0.398. The second kappa shape index (κ2) is 7.15. The molecule has 0 saturated carbocycles. The van der Waals surface area contributed by atoms with E-state index in [4.69, 9.17) is 9.84 Å². The zero-order valence-electron chi connectivity index (χ0n) is 15.7. The van der Waals surface area contributed by atoms with Crippen LogP contribution in [0.2, 0.25) is 0 Å². The number of aryl methyl sites for hydroxylation is 2. The van der Waals surface area contributed by atoms with Crippen molar-refractivity contribution in [1.82, 2.24) is 4.98 Å². The summed E-state index contributed by atoms with van der Waals surface area (Å²) < 4.78 is 6.12.